The molecule has 0 radical (unpaired) electrons. The number of hydrogen-bond acceptors (Lipinski definition) is 6. The van der Waals surface area contributed by atoms with Crippen molar-refractivity contribution in [3.05, 3.63) is 24.0 Å². The molecule has 5 nitrogen and oxygen atoms in total. The standard InChI is InChI=1S/C13H21N3O2S2/c1-3-14-8-11-9-15-5-4-12(11)16-6-7-19-10-13(16)20(2,17)18/h4-5,9,13-14H,3,6-8,10H2,1-2H3. The molecule has 7 heteroatoms. The summed E-state index contributed by atoms with van der Waals surface area (Å²) in [5.41, 5.74) is 2.03. The zero-order valence-electron chi connectivity index (χ0n) is 11.9. The largest absolute Gasteiger partial charge is 0.353 e. The second-order valence-corrected chi connectivity index (χ2v) is 8.19. The van der Waals surface area contributed by atoms with Crippen LogP contribution in [0.15, 0.2) is 18.5 Å². The molecule has 1 atom stereocenters. The molecule has 1 aliphatic rings. The fraction of sp³-hybridized carbons (Fsp3) is 0.615. The summed E-state index contributed by atoms with van der Waals surface area (Å²) < 4.78 is 24.0. The van der Waals surface area contributed by atoms with Gasteiger partial charge in [0.25, 0.3) is 0 Å². The first-order chi connectivity index (χ1) is 9.54. The Morgan fingerprint density at radius 3 is 3.05 bits per heavy atom. The Bertz CT molecular complexity index is 548. The van der Waals surface area contributed by atoms with Crippen LogP contribution in [0.25, 0.3) is 0 Å². The van der Waals surface area contributed by atoms with Crippen molar-refractivity contribution in [2.45, 2.75) is 18.8 Å². The van der Waals surface area contributed by atoms with Gasteiger partial charge in [0.1, 0.15) is 5.37 Å². The molecule has 0 aromatic carbocycles. The van der Waals surface area contributed by atoms with Crippen molar-refractivity contribution in [3.8, 4) is 0 Å². The maximum atomic E-state index is 12.0. The van der Waals surface area contributed by atoms with Gasteiger partial charge in [0.2, 0.25) is 0 Å². The molecular formula is C13H21N3O2S2. The molecule has 1 N–H and O–H groups in total. The molecule has 1 aromatic heterocycles. The summed E-state index contributed by atoms with van der Waals surface area (Å²) in [7, 11) is -3.10. The second-order valence-electron chi connectivity index (χ2n) is 4.84. The summed E-state index contributed by atoms with van der Waals surface area (Å²) in [4.78, 5) is 6.17. The predicted molar refractivity (Wildman–Crippen MR) is 84.9 cm³/mol. The molecule has 0 amide bonds. The van der Waals surface area contributed by atoms with Crippen molar-refractivity contribution >= 4 is 27.3 Å². The fourth-order valence-corrected chi connectivity index (χ4v) is 5.14. The lowest BCUT2D eigenvalue weighted by molar-refractivity contribution is 0.584. The van der Waals surface area contributed by atoms with Gasteiger partial charge in [-0.1, -0.05) is 6.92 Å². The molecule has 1 aromatic rings. The van der Waals surface area contributed by atoms with E-state index < -0.39 is 15.2 Å². The van der Waals surface area contributed by atoms with Crippen molar-refractivity contribution in [3.63, 3.8) is 0 Å². The predicted octanol–water partition coefficient (Wildman–Crippen LogP) is 1.12. The van der Waals surface area contributed by atoms with Gasteiger partial charge in [-0.2, -0.15) is 11.8 Å². The first kappa shape index (κ1) is 15.6. The van der Waals surface area contributed by atoms with Crippen LogP contribution in [0.4, 0.5) is 5.69 Å². The second kappa shape index (κ2) is 6.78. The molecule has 2 heterocycles. The molecule has 1 aliphatic heterocycles. The zero-order valence-corrected chi connectivity index (χ0v) is 13.5. The number of hydrogen-bond donors (Lipinski definition) is 1. The lowest BCUT2D eigenvalue weighted by atomic mass is 10.2. The van der Waals surface area contributed by atoms with E-state index in [0.717, 1.165) is 30.1 Å². The maximum Gasteiger partial charge on any atom is 0.169 e. The summed E-state index contributed by atoms with van der Waals surface area (Å²) in [5, 5.41) is 2.84. The summed E-state index contributed by atoms with van der Waals surface area (Å²) in [5.74, 6) is 1.58. The number of pyridine rings is 1. The van der Waals surface area contributed by atoms with E-state index >= 15 is 0 Å². The molecule has 0 bridgehead atoms. The molecule has 1 unspecified atom stereocenters. The first-order valence-corrected chi connectivity index (χ1v) is 9.82. The van der Waals surface area contributed by atoms with Gasteiger partial charge in [0, 0.05) is 54.5 Å². The molecule has 1 fully saturated rings. The van der Waals surface area contributed by atoms with E-state index in [1.165, 1.54) is 6.26 Å². The van der Waals surface area contributed by atoms with Crippen molar-refractivity contribution in [1.82, 2.24) is 10.3 Å². The number of rotatable bonds is 5. The summed E-state index contributed by atoms with van der Waals surface area (Å²) in [6.07, 6.45) is 4.87. The Morgan fingerprint density at radius 1 is 1.55 bits per heavy atom. The molecular weight excluding hydrogens is 294 g/mol. The first-order valence-electron chi connectivity index (χ1n) is 6.71. The Hall–Kier alpha value is -0.790. The van der Waals surface area contributed by atoms with Crippen molar-refractivity contribution in [1.29, 1.82) is 0 Å². The number of nitrogens with one attached hydrogen (secondary N) is 1. The van der Waals surface area contributed by atoms with E-state index in [2.05, 4.69) is 10.3 Å². The molecule has 20 heavy (non-hydrogen) atoms. The molecule has 0 saturated carbocycles. The molecule has 2 rings (SSSR count). The Morgan fingerprint density at radius 2 is 2.35 bits per heavy atom. The van der Waals surface area contributed by atoms with Crippen LogP contribution in [0, 0.1) is 0 Å². The minimum Gasteiger partial charge on any atom is -0.353 e. The van der Waals surface area contributed by atoms with Gasteiger partial charge < -0.3 is 10.2 Å². The number of anilines is 1. The van der Waals surface area contributed by atoms with Crippen LogP contribution in [-0.2, 0) is 16.4 Å². The minimum atomic E-state index is -3.10. The third kappa shape index (κ3) is 3.65. The number of nitrogens with zero attached hydrogens (tertiary/aromatic N) is 2. The smallest absolute Gasteiger partial charge is 0.169 e. The van der Waals surface area contributed by atoms with Crippen molar-refractivity contribution in [2.75, 3.05) is 35.8 Å². The van der Waals surface area contributed by atoms with Crippen LogP contribution in [0.1, 0.15) is 12.5 Å². The van der Waals surface area contributed by atoms with E-state index in [9.17, 15) is 8.42 Å². The van der Waals surface area contributed by atoms with Crippen LogP contribution < -0.4 is 10.2 Å². The molecule has 1 saturated heterocycles. The number of sulfone groups is 1. The topological polar surface area (TPSA) is 62.3 Å². The van der Waals surface area contributed by atoms with Crippen LogP contribution in [0.3, 0.4) is 0 Å². The highest BCUT2D eigenvalue weighted by atomic mass is 32.2. The highest BCUT2D eigenvalue weighted by Crippen LogP contribution is 2.28. The highest BCUT2D eigenvalue weighted by Gasteiger charge is 2.32. The lowest BCUT2D eigenvalue weighted by Gasteiger charge is -2.37. The maximum absolute atomic E-state index is 12.0. The zero-order chi connectivity index (χ0) is 14.6. The van der Waals surface area contributed by atoms with Crippen LogP contribution in [0.5, 0.6) is 0 Å². The molecule has 0 aliphatic carbocycles. The van der Waals surface area contributed by atoms with E-state index in [0.29, 0.717) is 12.3 Å². The summed E-state index contributed by atoms with van der Waals surface area (Å²) in [6, 6.07) is 1.92. The highest BCUT2D eigenvalue weighted by molar-refractivity contribution is 8.01. The average molecular weight is 315 g/mol. The summed E-state index contributed by atoms with van der Waals surface area (Å²) in [6.45, 7) is 4.39. The molecule has 112 valence electrons. The van der Waals surface area contributed by atoms with Gasteiger partial charge >= 0.3 is 0 Å². The SMILES string of the molecule is CCNCc1cnccc1N1CCSCC1S(C)(=O)=O. The van der Waals surface area contributed by atoms with Gasteiger partial charge in [0.05, 0.1) is 0 Å². The van der Waals surface area contributed by atoms with E-state index in [1.807, 2.05) is 24.1 Å². The third-order valence-corrected chi connectivity index (χ3v) is 5.97. The van der Waals surface area contributed by atoms with E-state index in [4.69, 9.17) is 0 Å². The number of thioether (sulfide) groups is 1. The van der Waals surface area contributed by atoms with Gasteiger partial charge in [-0.15, -0.1) is 0 Å². The Balaban J connectivity index is 2.32. The van der Waals surface area contributed by atoms with Gasteiger partial charge in [-0.3, -0.25) is 4.98 Å². The normalized spacial score (nSPS) is 20.1. The monoisotopic (exact) mass is 315 g/mol. The quantitative estimate of drug-likeness (QED) is 0.878. The summed E-state index contributed by atoms with van der Waals surface area (Å²) >= 11 is 1.70. The Labute approximate surface area is 125 Å². The fourth-order valence-electron chi connectivity index (χ4n) is 2.31. The van der Waals surface area contributed by atoms with E-state index in [-0.39, 0.29) is 0 Å². The van der Waals surface area contributed by atoms with Crippen LogP contribution in [-0.4, -0.2) is 49.6 Å². The minimum absolute atomic E-state index is 0.441. The van der Waals surface area contributed by atoms with Crippen molar-refractivity contribution in [2.24, 2.45) is 0 Å². The van der Waals surface area contributed by atoms with Crippen molar-refractivity contribution < 1.29 is 8.42 Å². The van der Waals surface area contributed by atoms with Crippen LogP contribution in [0.2, 0.25) is 0 Å². The van der Waals surface area contributed by atoms with Gasteiger partial charge in [0.15, 0.2) is 9.84 Å². The van der Waals surface area contributed by atoms with Gasteiger partial charge in [-0.25, -0.2) is 8.42 Å². The molecule has 0 spiro atoms. The Kier molecular flexibility index (Phi) is 5.29. The average Bonchev–Trinajstić information content (AvgIpc) is 2.44. The number of aromatic nitrogens is 1. The van der Waals surface area contributed by atoms with Crippen LogP contribution >= 0.6 is 11.8 Å². The third-order valence-electron chi connectivity index (χ3n) is 3.33. The van der Waals surface area contributed by atoms with Gasteiger partial charge in [-0.05, 0) is 12.6 Å². The van der Waals surface area contributed by atoms with E-state index in [1.54, 1.807) is 18.0 Å². The lowest BCUT2D eigenvalue weighted by Crippen LogP contribution is -2.47.